The molecule has 0 aliphatic rings. The molecule has 0 unspecified atom stereocenters. The second-order valence-electron chi connectivity index (χ2n) is 11.9. The van der Waals surface area contributed by atoms with Gasteiger partial charge in [-0.3, -0.25) is 4.98 Å². The van der Waals surface area contributed by atoms with Crippen LogP contribution in [0.15, 0.2) is 146 Å². The molecule has 0 radical (unpaired) electrons. The van der Waals surface area contributed by atoms with Crippen molar-refractivity contribution >= 4 is 75.3 Å². The predicted molar refractivity (Wildman–Crippen MR) is 196 cm³/mol. The molecule has 0 N–H and O–H groups in total. The number of aromatic nitrogens is 3. The Bertz CT molecular complexity index is 2930. The van der Waals surface area contributed by atoms with E-state index in [0.717, 1.165) is 60.7 Å². The van der Waals surface area contributed by atoms with Crippen LogP contribution < -0.4 is 0 Å². The van der Waals surface area contributed by atoms with E-state index in [2.05, 4.69) is 137 Å². The van der Waals surface area contributed by atoms with Gasteiger partial charge in [-0.05, 0) is 83.9 Å². The van der Waals surface area contributed by atoms with Gasteiger partial charge in [-0.1, -0.05) is 66.7 Å². The maximum atomic E-state index is 9.59. The molecular formula is C42H24N4S. The van der Waals surface area contributed by atoms with E-state index in [-0.39, 0.29) is 0 Å². The van der Waals surface area contributed by atoms with Crippen molar-refractivity contribution in [3.05, 3.63) is 151 Å². The highest BCUT2D eigenvalue weighted by Gasteiger charge is 2.19. The highest BCUT2D eigenvalue weighted by atomic mass is 32.1. The molecule has 218 valence electrons. The van der Waals surface area contributed by atoms with Gasteiger partial charge >= 0.3 is 0 Å². The van der Waals surface area contributed by atoms with E-state index < -0.39 is 0 Å². The van der Waals surface area contributed by atoms with E-state index in [1.165, 1.54) is 25.7 Å². The Labute approximate surface area is 273 Å². The lowest BCUT2D eigenvalue weighted by Crippen LogP contribution is -1.96. The molecule has 0 saturated heterocycles. The van der Waals surface area contributed by atoms with Gasteiger partial charge in [-0.2, -0.15) is 5.26 Å². The summed E-state index contributed by atoms with van der Waals surface area (Å²) < 4.78 is 7.26. The normalized spacial score (nSPS) is 11.8. The monoisotopic (exact) mass is 616 g/mol. The third kappa shape index (κ3) is 3.77. The molecule has 5 heteroatoms. The lowest BCUT2D eigenvalue weighted by atomic mass is 10.0. The number of pyridine rings is 1. The van der Waals surface area contributed by atoms with Crippen molar-refractivity contribution in [1.29, 1.82) is 5.26 Å². The molecule has 4 nitrogen and oxygen atoms in total. The fraction of sp³-hybridized carbons (Fsp3) is 0. The number of fused-ring (bicyclic) bond motifs is 10. The van der Waals surface area contributed by atoms with Crippen LogP contribution >= 0.6 is 11.3 Å². The SMILES string of the molecule is N#Cc1ccc2c(c1)c1ccccc1n2-c1cccc(-c2cccc(-n3c4cccnc4c4ccc5c6ccccc6sc5c43)c2)c1. The number of rotatable bonds is 3. The van der Waals surface area contributed by atoms with Crippen LogP contribution in [0.4, 0.5) is 0 Å². The zero-order valence-electron chi connectivity index (χ0n) is 25.1. The smallest absolute Gasteiger partial charge is 0.0991 e. The number of para-hydroxylation sites is 1. The molecule has 47 heavy (non-hydrogen) atoms. The van der Waals surface area contributed by atoms with E-state index >= 15 is 0 Å². The minimum Gasteiger partial charge on any atom is -0.309 e. The van der Waals surface area contributed by atoms with Crippen molar-refractivity contribution in [2.75, 3.05) is 0 Å². The zero-order valence-corrected chi connectivity index (χ0v) is 25.9. The van der Waals surface area contributed by atoms with Crippen LogP contribution in [-0.4, -0.2) is 14.1 Å². The predicted octanol–water partition coefficient (Wildman–Crippen LogP) is 11.2. The molecule has 4 aromatic heterocycles. The Morgan fingerprint density at radius 2 is 1.23 bits per heavy atom. The molecular weight excluding hydrogens is 593 g/mol. The van der Waals surface area contributed by atoms with Crippen molar-refractivity contribution in [3.63, 3.8) is 0 Å². The second kappa shape index (κ2) is 9.89. The molecule has 0 amide bonds. The standard InChI is InChI=1S/C42H24N4S/c43-25-26-17-20-37-35(22-26)31-12-1-3-14-36(31)45(37)29-10-5-8-27(23-29)28-9-6-11-30(24-28)46-38-15-7-21-44-40(38)34-19-18-33-32-13-2-4-16-39(32)47-42(33)41(34)46/h1-24H. The number of nitriles is 1. The van der Waals surface area contributed by atoms with Crippen molar-refractivity contribution in [2.45, 2.75) is 0 Å². The van der Waals surface area contributed by atoms with Gasteiger partial charge in [0.05, 0.1) is 43.9 Å². The molecule has 4 heterocycles. The van der Waals surface area contributed by atoms with Gasteiger partial charge in [0.2, 0.25) is 0 Å². The molecule has 0 fully saturated rings. The Morgan fingerprint density at radius 1 is 0.532 bits per heavy atom. The molecule has 0 saturated carbocycles. The first-order valence-electron chi connectivity index (χ1n) is 15.6. The molecule has 0 aliphatic heterocycles. The van der Waals surface area contributed by atoms with Crippen molar-refractivity contribution in [3.8, 4) is 28.6 Å². The number of benzene rings is 6. The van der Waals surface area contributed by atoms with E-state index in [0.29, 0.717) is 5.56 Å². The molecule has 6 aromatic carbocycles. The minimum atomic E-state index is 0.666. The third-order valence-corrected chi connectivity index (χ3v) is 10.6. The Morgan fingerprint density at radius 3 is 2.06 bits per heavy atom. The fourth-order valence-corrected chi connectivity index (χ4v) is 8.57. The quantitative estimate of drug-likeness (QED) is 0.198. The zero-order chi connectivity index (χ0) is 31.1. The van der Waals surface area contributed by atoms with E-state index in [9.17, 15) is 5.26 Å². The number of hydrogen-bond acceptors (Lipinski definition) is 3. The Balaban J connectivity index is 1.19. The largest absolute Gasteiger partial charge is 0.309 e. The highest BCUT2D eigenvalue weighted by Crippen LogP contribution is 2.43. The summed E-state index contributed by atoms with van der Waals surface area (Å²) in [6.07, 6.45) is 1.89. The summed E-state index contributed by atoms with van der Waals surface area (Å²) in [5.41, 5.74) is 10.6. The van der Waals surface area contributed by atoms with Gasteiger partial charge in [0.25, 0.3) is 0 Å². The Kier molecular flexibility index (Phi) is 5.48. The lowest BCUT2D eigenvalue weighted by molar-refractivity contribution is 1.17. The fourth-order valence-electron chi connectivity index (χ4n) is 7.33. The highest BCUT2D eigenvalue weighted by molar-refractivity contribution is 7.26. The molecule has 10 rings (SSSR count). The van der Waals surface area contributed by atoms with E-state index in [4.69, 9.17) is 4.98 Å². The van der Waals surface area contributed by atoms with Crippen LogP contribution in [0.25, 0.3) is 86.4 Å². The average molecular weight is 617 g/mol. The average Bonchev–Trinajstić information content (AvgIpc) is 3.79. The van der Waals surface area contributed by atoms with E-state index in [1.54, 1.807) is 0 Å². The molecule has 10 aromatic rings. The lowest BCUT2D eigenvalue weighted by Gasteiger charge is -2.13. The van der Waals surface area contributed by atoms with Gasteiger partial charge in [0.15, 0.2) is 0 Å². The first-order valence-corrected chi connectivity index (χ1v) is 16.4. The van der Waals surface area contributed by atoms with E-state index in [1.807, 2.05) is 35.7 Å². The molecule has 0 bridgehead atoms. The van der Waals surface area contributed by atoms with Crippen LogP contribution in [0.3, 0.4) is 0 Å². The summed E-state index contributed by atoms with van der Waals surface area (Å²) in [4.78, 5) is 4.86. The van der Waals surface area contributed by atoms with Crippen LogP contribution in [0.5, 0.6) is 0 Å². The van der Waals surface area contributed by atoms with Crippen LogP contribution in [-0.2, 0) is 0 Å². The first kappa shape index (κ1) is 26.0. The summed E-state index contributed by atoms with van der Waals surface area (Å²) in [5, 5.41) is 15.5. The van der Waals surface area contributed by atoms with Gasteiger partial charge in [0, 0.05) is 49.2 Å². The summed E-state index contributed by atoms with van der Waals surface area (Å²) >= 11 is 1.85. The van der Waals surface area contributed by atoms with Crippen molar-refractivity contribution in [2.24, 2.45) is 0 Å². The Hall–Kier alpha value is -6.22. The van der Waals surface area contributed by atoms with Crippen LogP contribution in [0.2, 0.25) is 0 Å². The van der Waals surface area contributed by atoms with Gasteiger partial charge < -0.3 is 9.13 Å². The summed E-state index contributed by atoms with van der Waals surface area (Å²) in [6, 6.07) is 51.6. The van der Waals surface area contributed by atoms with Crippen LogP contribution in [0, 0.1) is 11.3 Å². The first-order chi connectivity index (χ1) is 23.3. The number of thiophene rings is 1. The van der Waals surface area contributed by atoms with Gasteiger partial charge in [0.1, 0.15) is 0 Å². The molecule has 0 atom stereocenters. The summed E-state index contributed by atoms with van der Waals surface area (Å²) in [6.45, 7) is 0. The number of nitrogens with zero attached hydrogens (tertiary/aromatic N) is 4. The maximum Gasteiger partial charge on any atom is 0.0991 e. The molecule has 0 spiro atoms. The summed E-state index contributed by atoms with van der Waals surface area (Å²) in [5.74, 6) is 0. The van der Waals surface area contributed by atoms with Gasteiger partial charge in [-0.25, -0.2) is 0 Å². The minimum absolute atomic E-state index is 0.666. The van der Waals surface area contributed by atoms with Crippen molar-refractivity contribution in [1.82, 2.24) is 14.1 Å². The number of hydrogen-bond donors (Lipinski definition) is 0. The maximum absolute atomic E-state index is 9.59. The topological polar surface area (TPSA) is 46.5 Å². The second-order valence-corrected chi connectivity index (χ2v) is 13.0. The van der Waals surface area contributed by atoms with Crippen molar-refractivity contribution < 1.29 is 0 Å². The van der Waals surface area contributed by atoms with Gasteiger partial charge in [-0.15, -0.1) is 11.3 Å². The molecule has 0 aliphatic carbocycles. The third-order valence-electron chi connectivity index (χ3n) is 9.37. The summed E-state index contributed by atoms with van der Waals surface area (Å²) in [7, 11) is 0. The van der Waals surface area contributed by atoms with Crippen LogP contribution in [0.1, 0.15) is 5.56 Å².